The van der Waals surface area contributed by atoms with E-state index in [0.717, 1.165) is 19.4 Å². The molecular formula is C13H26O5. The first-order valence-electron chi connectivity index (χ1n) is 6.57. The van der Waals surface area contributed by atoms with E-state index in [9.17, 15) is 4.79 Å². The first-order valence-corrected chi connectivity index (χ1v) is 6.57. The van der Waals surface area contributed by atoms with Gasteiger partial charge >= 0.3 is 0 Å². The van der Waals surface area contributed by atoms with E-state index < -0.39 is 0 Å². The predicted octanol–water partition coefficient (Wildman–Crippen LogP) is 1.44. The molecule has 0 aliphatic carbocycles. The fourth-order valence-corrected chi connectivity index (χ4v) is 1.12. The molecule has 0 fully saturated rings. The second kappa shape index (κ2) is 14.6. The number of ether oxygens (including phenoxy) is 4. The van der Waals surface area contributed by atoms with Crippen LogP contribution in [0.15, 0.2) is 0 Å². The summed E-state index contributed by atoms with van der Waals surface area (Å²) in [6.45, 7) is 7.88. The fourth-order valence-electron chi connectivity index (χ4n) is 1.12. The van der Waals surface area contributed by atoms with E-state index in [1.807, 2.05) is 0 Å². The van der Waals surface area contributed by atoms with Crippen molar-refractivity contribution in [3.8, 4) is 0 Å². The molecule has 0 atom stereocenters. The summed E-state index contributed by atoms with van der Waals surface area (Å²) < 4.78 is 21.0. The van der Waals surface area contributed by atoms with Crippen molar-refractivity contribution in [2.75, 3.05) is 52.9 Å². The van der Waals surface area contributed by atoms with Gasteiger partial charge in [-0.05, 0) is 13.3 Å². The number of hydrogen-bond acceptors (Lipinski definition) is 5. The largest absolute Gasteiger partial charge is 0.379 e. The van der Waals surface area contributed by atoms with E-state index in [4.69, 9.17) is 18.9 Å². The smallest absolute Gasteiger partial charge is 0.155 e. The van der Waals surface area contributed by atoms with Crippen LogP contribution >= 0.6 is 0 Å². The quantitative estimate of drug-likeness (QED) is 0.443. The topological polar surface area (TPSA) is 54.0 Å². The van der Waals surface area contributed by atoms with Crippen LogP contribution in [0.2, 0.25) is 0 Å². The van der Waals surface area contributed by atoms with Crippen LogP contribution in [0.25, 0.3) is 0 Å². The number of carbonyl (C=O) groups excluding carboxylic acids is 1. The van der Waals surface area contributed by atoms with Crippen LogP contribution < -0.4 is 0 Å². The maximum Gasteiger partial charge on any atom is 0.155 e. The highest BCUT2D eigenvalue weighted by atomic mass is 16.6. The summed E-state index contributed by atoms with van der Waals surface area (Å²) in [6.07, 6.45) is 2.25. The SMILES string of the molecule is CCCCOCCOCCOCCOCC(C)=O. The monoisotopic (exact) mass is 262 g/mol. The third-order valence-electron chi connectivity index (χ3n) is 2.06. The molecule has 0 aromatic carbocycles. The standard InChI is InChI=1S/C13H26O5/c1-3-4-5-15-6-7-16-8-9-17-10-11-18-12-13(2)14/h3-12H2,1-2H3. The highest BCUT2D eigenvalue weighted by molar-refractivity contribution is 5.76. The molecule has 0 bridgehead atoms. The second-order valence-electron chi connectivity index (χ2n) is 3.95. The van der Waals surface area contributed by atoms with E-state index >= 15 is 0 Å². The van der Waals surface area contributed by atoms with Gasteiger partial charge in [-0.2, -0.15) is 0 Å². The van der Waals surface area contributed by atoms with Crippen molar-refractivity contribution >= 4 is 5.78 Å². The van der Waals surface area contributed by atoms with Crippen LogP contribution in [-0.2, 0) is 23.7 Å². The lowest BCUT2D eigenvalue weighted by Gasteiger charge is -2.06. The van der Waals surface area contributed by atoms with Crippen molar-refractivity contribution in [3.63, 3.8) is 0 Å². The number of unbranched alkanes of at least 4 members (excludes halogenated alkanes) is 1. The molecular weight excluding hydrogens is 236 g/mol. The maximum atomic E-state index is 10.5. The number of rotatable bonds is 14. The molecule has 108 valence electrons. The van der Waals surface area contributed by atoms with Gasteiger partial charge in [0.2, 0.25) is 0 Å². The molecule has 0 aromatic heterocycles. The van der Waals surface area contributed by atoms with E-state index in [1.165, 1.54) is 6.92 Å². The molecule has 18 heavy (non-hydrogen) atoms. The average Bonchev–Trinajstić information content (AvgIpc) is 2.34. The van der Waals surface area contributed by atoms with Crippen molar-refractivity contribution in [2.24, 2.45) is 0 Å². The molecule has 0 N–H and O–H groups in total. The second-order valence-corrected chi connectivity index (χ2v) is 3.95. The number of Topliss-reactive ketones (excluding diaryl/α,β-unsaturated/α-hetero) is 1. The molecule has 0 rings (SSSR count). The lowest BCUT2D eigenvalue weighted by atomic mass is 10.4. The summed E-state index contributed by atoms with van der Waals surface area (Å²) in [5, 5.41) is 0. The van der Waals surface area contributed by atoms with Gasteiger partial charge in [0, 0.05) is 6.61 Å². The summed E-state index contributed by atoms with van der Waals surface area (Å²) in [6, 6.07) is 0. The molecule has 5 heteroatoms. The van der Waals surface area contributed by atoms with Crippen LogP contribution in [-0.4, -0.2) is 58.6 Å². The van der Waals surface area contributed by atoms with Gasteiger partial charge in [0.1, 0.15) is 6.61 Å². The minimum absolute atomic E-state index is 0.0291. The zero-order valence-corrected chi connectivity index (χ0v) is 11.6. The molecule has 0 aliphatic heterocycles. The molecule has 0 radical (unpaired) electrons. The van der Waals surface area contributed by atoms with E-state index in [1.54, 1.807) is 0 Å². The van der Waals surface area contributed by atoms with Crippen LogP contribution in [0.1, 0.15) is 26.7 Å². The third-order valence-corrected chi connectivity index (χ3v) is 2.06. The fraction of sp³-hybridized carbons (Fsp3) is 0.923. The summed E-state index contributed by atoms with van der Waals surface area (Å²) in [7, 11) is 0. The van der Waals surface area contributed by atoms with Crippen LogP contribution in [0.4, 0.5) is 0 Å². The normalized spacial score (nSPS) is 10.8. The molecule has 0 amide bonds. The van der Waals surface area contributed by atoms with E-state index in [-0.39, 0.29) is 12.4 Å². The van der Waals surface area contributed by atoms with Gasteiger partial charge in [0.15, 0.2) is 5.78 Å². The first-order chi connectivity index (χ1) is 8.77. The Morgan fingerprint density at radius 1 is 0.778 bits per heavy atom. The number of carbonyl (C=O) groups is 1. The van der Waals surface area contributed by atoms with Gasteiger partial charge in [0.25, 0.3) is 0 Å². The Kier molecular flexibility index (Phi) is 14.2. The molecule has 0 saturated carbocycles. The lowest BCUT2D eigenvalue weighted by molar-refractivity contribution is -0.122. The Hall–Kier alpha value is -0.490. The van der Waals surface area contributed by atoms with Gasteiger partial charge in [-0.25, -0.2) is 0 Å². The highest BCUT2D eigenvalue weighted by Crippen LogP contribution is 1.88. The Bertz CT molecular complexity index is 184. The molecule has 5 nitrogen and oxygen atoms in total. The molecule has 0 spiro atoms. The zero-order valence-electron chi connectivity index (χ0n) is 11.6. The van der Waals surface area contributed by atoms with Gasteiger partial charge in [-0.1, -0.05) is 13.3 Å². The van der Waals surface area contributed by atoms with E-state index in [0.29, 0.717) is 39.6 Å². The molecule has 0 unspecified atom stereocenters. The van der Waals surface area contributed by atoms with Gasteiger partial charge in [-0.3, -0.25) is 4.79 Å². The summed E-state index contributed by atoms with van der Waals surface area (Å²) in [5.41, 5.74) is 0. The Morgan fingerprint density at radius 3 is 1.67 bits per heavy atom. The van der Waals surface area contributed by atoms with Crippen LogP contribution in [0, 0.1) is 0 Å². The molecule has 0 saturated heterocycles. The Morgan fingerprint density at radius 2 is 1.22 bits per heavy atom. The van der Waals surface area contributed by atoms with Gasteiger partial charge in [-0.15, -0.1) is 0 Å². The van der Waals surface area contributed by atoms with Gasteiger partial charge in [0.05, 0.1) is 39.6 Å². The van der Waals surface area contributed by atoms with Crippen molar-refractivity contribution in [1.82, 2.24) is 0 Å². The summed E-state index contributed by atoms with van der Waals surface area (Å²) in [4.78, 5) is 10.5. The lowest BCUT2D eigenvalue weighted by Crippen LogP contribution is -2.13. The van der Waals surface area contributed by atoms with Crippen molar-refractivity contribution in [3.05, 3.63) is 0 Å². The minimum atomic E-state index is 0.0291. The average molecular weight is 262 g/mol. The minimum Gasteiger partial charge on any atom is -0.379 e. The zero-order chi connectivity index (χ0) is 13.5. The first kappa shape index (κ1) is 17.5. The van der Waals surface area contributed by atoms with E-state index in [2.05, 4.69) is 6.92 Å². The molecule has 0 aliphatic rings. The Labute approximate surface area is 110 Å². The van der Waals surface area contributed by atoms with Crippen LogP contribution in [0.5, 0.6) is 0 Å². The molecule has 0 aromatic rings. The number of hydrogen-bond donors (Lipinski definition) is 0. The number of ketones is 1. The van der Waals surface area contributed by atoms with Crippen LogP contribution in [0.3, 0.4) is 0 Å². The van der Waals surface area contributed by atoms with Crippen molar-refractivity contribution < 1.29 is 23.7 Å². The highest BCUT2D eigenvalue weighted by Gasteiger charge is 1.94. The summed E-state index contributed by atoms with van der Waals surface area (Å²) in [5.74, 6) is 0.0291. The predicted molar refractivity (Wildman–Crippen MR) is 68.9 cm³/mol. The van der Waals surface area contributed by atoms with Crippen molar-refractivity contribution in [1.29, 1.82) is 0 Å². The van der Waals surface area contributed by atoms with Gasteiger partial charge < -0.3 is 18.9 Å². The maximum absolute atomic E-state index is 10.5. The van der Waals surface area contributed by atoms with Crippen molar-refractivity contribution in [2.45, 2.75) is 26.7 Å². The molecule has 0 heterocycles. The summed E-state index contributed by atoms with van der Waals surface area (Å²) >= 11 is 0. The Balaban J connectivity index is 2.92. The third kappa shape index (κ3) is 15.5.